The minimum atomic E-state index is -5.05. The maximum absolute atomic E-state index is 9.63. The van der Waals surface area contributed by atoms with E-state index < -0.39 is 15.6 Å². The maximum atomic E-state index is 9.63. The Kier molecular flexibility index (Phi) is 51.1. The van der Waals surface area contributed by atoms with Gasteiger partial charge in [0.2, 0.25) is 0 Å². The van der Waals surface area contributed by atoms with Crippen LogP contribution in [0.5, 0.6) is 0 Å². The van der Waals surface area contributed by atoms with Gasteiger partial charge >= 0.3 is 15.6 Å². The Balaban J connectivity index is -0.000000136. The normalized spacial score (nSPS) is 10.5. The second-order valence-corrected chi connectivity index (χ2v) is 9.54. The summed E-state index contributed by atoms with van der Waals surface area (Å²) in [6, 6.07) is 0. The van der Waals surface area contributed by atoms with E-state index in [-0.39, 0.29) is 46.2 Å². The molecule has 0 aromatic carbocycles. The van der Waals surface area contributed by atoms with Crippen molar-refractivity contribution < 1.29 is 73.5 Å². The highest BCUT2D eigenvalue weighted by Crippen LogP contribution is 2.53. The van der Waals surface area contributed by atoms with Gasteiger partial charge in [-0.05, 0) is 6.42 Å². The smallest absolute Gasteiger partial charge is 0.394 e. The molecule has 0 fully saturated rings. The molecule has 0 aromatic heterocycles. The van der Waals surface area contributed by atoms with Crippen molar-refractivity contribution in [1.82, 2.24) is 0 Å². The SMILES string of the molecule is CCCCCCCCCCCCOCCO.O=P(O)(O)OP(=O)(O)O.OCCO.OCCO.OCCO. The average molecular weight is 595 g/mol. The lowest BCUT2D eigenvalue weighted by molar-refractivity contribution is 0.0895. The van der Waals surface area contributed by atoms with E-state index >= 15 is 0 Å². The van der Waals surface area contributed by atoms with Gasteiger partial charge in [0, 0.05) is 6.61 Å². The fourth-order valence-corrected chi connectivity index (χ4v) is 3.11. The first kappa shape index (κ1) is 46.8. The second kappa shape index (κ2) is 40.4. The maximum Gasteiger partial charge on any atom is 0.478 e. The molecule has 0 saturated heterocycles. The third-order valence-electron chi connectivity index (χ3n) is 3.39. The molecule has 0 saturated carbocycles. The first-order valence-corrected chi connectivity index (χ1v) is 15.1. The van der Waals surface area contributed by atoms with Gasteiger partial charge in [-0.25, -0.2) is 9.13 Å². The molecule has 0 aliphatic rings. The van der Waals surface area contributed by atoms with E-state index in [1.54, 1.807) is 0 Å². The lowest BCUT2D eigenvalue weighted by Crippen LogP contribution is -2.00. The lowest BCUT2D eigenvalue weighted by Gasteiger charge is -2.03. The molecule has 17 heteroatoms. The summed E-state index contributed by atoms with van der Waals surface area (Å²) < 4.78 is 27.4. The van der Waals surface area contributed by atoms with Crippen molar-refractivity contribution >= 4 is 15.6 Å². The van der Waals surface area contributed by atoms with Crippen molar-refractivity contribution in [2.75, 3.05) is 59.5 Å². The Morgan fingerprint density at radius 1 is 0.459 bits per heavy atom. The first-order valence-electron chi connectivity index (χ1n) is 12.0. The molecule has 0 aliphatic heterocycles. The van der Waals surface area contributed by atoms with Crippen LogP contribution in [0.2, 0.25) is 0 Å². The number of hydrogen-bond acceptors (Lipinski definition) is 11. The first-order chi connectivity index (χ1) is 17.4. The van der Waals surface area contributed by atoms with Crippen LogP contribution in [0.4, 0.5) is 0 Å². The van der Waals surface area contributed by atoms with Gasteiger partial charge in [0.15, 0.2) is 0 Å². The van der Waals surface area contributed by atoms with E-state index in [0.29, 0.717) is 6.61 Å². The third kappa shape index (κ3) is 86.0. The van der Waals surface area contributed by atoms with Crippen LogP contribution >= 0.6 is 15.6 Å². The summed E-state index contributed by atoms with van der Waals surface area (Å²) in [6.07, 6.45) is 13.6. The average Bonchev–Trinajstić information content (AvgIpc) is 2.83. The minimum Gasteiger partial charge on any atom is -0.394 e. The van der Waals surface area contributed by atoms with Crippen LogP contribution in [0.15, 0.2) is 0 Å². The van der Waals surface area contributed by atoms with Crippen LogP contribution in [0.3, 0.4) is 0 Å². The van der Waals surface area contributed by atoms with E-state index in [4.69, 9.17) is 60.1 Å². The standard InChI is InChI=1S/C14H30O2.3C2H6O2.H4O7P2/c1-2-3-4-5-6-7-8-9-10-11-13-16-14-12-15;3*3-1-2-4;1-8(2,3)7-9(4,5)6/h15H,2-14H2,1H3;3*3-4H,1-2H2;(H2,1,2,3)(H2,4,5,6). The molecule has 0 atom stereocenters. The van der Waals surface area contributed by atoms with Gasteiger partial charge in [-0.3, -0.25) is 0 Å². The zero-order valence-electron chi connectivity index (χ0n) is 21.9. The molecule has 0 bridgehead atoms. The second-order valence-electron chi connectivity index (χ2n) is 6.92. The molecule has 0 spiro atoms. The lowest BCUT2D eigenvalue weighted by atomic mass is 10.1. The highest BCUT2D eigenvalue weighted by molar-refractivity contribution is 7.60. The van der Waals surface area contributed by atoms with Crippen LogP contribution in [-0.2, 0) is 18.2 Å². The number of aliphatic hydroxyl groups is 7. The Morgan fingerprint density at radius 2 is 0.757 bits per heavy atom. The summed E-state index contributed by atoms with van der Waals surface area (Å²) in [5.41, 5.74) is 0. The number of hydrogen-bond donors (Lipinski definition) is 11. The quantitative estimate of drug-likeness (QED) is 0.0737. The molecule has 11 N–H and O–H groups in total. The van der Waals surface area contributed by atoms with E-state index in [1.807, 2.05) is 0 Å². The molecule has 0 heterocycles. The van der Waals surface area contributed by atoms with Crippen molar-refractivity contribution in [1.29, 1.82) is 0 Å². The van der Waals surface area contributed by atoms with Crippen molar-refractivity contribution in [2.24, 2.45) is 0 Å². The molecule has 0 rings (SSSR count). The molecule has 37 heavy (non-hydrogen) atoms. The molecule has 0 radical (unpaired) electrons. The van der Waals surface area contributed by atoms with Crippen molar-refractivity contribution in [3.8, 4) is 0 Å². The van der Waals surface area contributed by atoms with Crippen LogP contribution in [-0.4, -0.2) is 115 Å². The van der Waals surface area contributed by atoms with E-state index in [1.165, 1.54) is 57.8 Å². The molecule has 232 valence electrons. The topological polar surface area (TPSA) is 275 Å². The number of unbranched alkanes of at least 4 members (excludes halogenated alkanes) is 9. The Bertz CT molecular complexity index is 412. The Morgan fingerprint density at radius 3 is 0.973 bits per heavy atom. The summed E-state index contributed by atoms with van der Waals surface area (Å²) in [5.74, 6) is 0. The number of rotatable bonds is 18. The highest BCUT2D eigenvalue weighted by Gasteiger charge is 2.27. The Labute approximate surface area is 220 Å². The van der Waals surface area contributed by atoms with Gasteiger partial charge in [0.25, 0.3) is 0 Å². The van der Waals surface area contributed by atoms with Gasteiger partial charge in [-0.1, -0.05) is 64.7 Å². The third-order valence-corrected chi connectivity index (χ3v) is 5.09. The zero-order chi connectivity index (χ0) is 29.8. The van der Waals surface area contributed by atoms with Crippen LogP contribution in [0.25, 0.3) is 0 Å². The summed E-state index contributed by atoms with van der Waals surface area (Å²) in [7, 11) is -10.1. The summed E-state index contributed by atoms with van der Waals surface area (Å²) in [5, 5.41) is 54.3. The van der Waals surface area contributed by atoms with Crippen molar-refractivity contribution in [2.45, 2.75) is 71.1 Å². The summed E-state index contributed by atoms with van der Waals surface area (Å²) >= 11 is 0. The van der Waals surface area contributed by atoms with Gasteiger partial charge < -0.3 is 60.1 Å². The van der Waals surface area contributed by atoms with Crippen LogP contribution in [0, 0.1) is 0 Å². The number of phosphoric acid groups is 2. The highest BCUT2D eigenvalue weighted by atomic mass is 31.3. The monoisotopic (exact) mass is 594 g/mol. The zero-order valence-corrected chi connectivity index (χ0v) is 23.7. The summed E-state index contributed by atoms with van der Waals surface area (Å²) in [6.45, 7) is 2.98. The Hall–Kier alpha value is -0.0600. The van der Waals surface area contributed by atoms with Gasteiger partial charge in [-0.2, -0.15) is 4.31 Å². The number of aliphatic hydroxyl groups excluding tert-OH is 7. The van der Waals surface area contributed by atoms with Crippen molar-refractivity contribution in [3.05, 3.63) is 0 Å². The fraction of sp³-hybridized carbons (Fsp3) is 1.00. The molecule has 0 aromatic rings. The van der Waals surface area contributed by atoms with Gasteiger partial charge in [-0.15, -0.1) is 0 Å². The molecule has 0 unspecified atom stereocenters. The van der Waals surface area contributed by atoms with Gasteiger partial charge in [0.05, 0.1) is 52.9 Å². The molecule has 15 nitrogen and oxygen atoms in total. The summed E-state index contributed by atoms with van der Waals surface area (Å²) in [4.78, 5) is 31.0. The van der Waals surface area contributed by atoms with Crippen LogP contribution < -0.4 is 0 Å². The molecular formula is C20H52O15P2. The number of ether oxygens (including phenoxy) is 1. The van der Waals surface area contributed by atoms with Crippen LogP contribution in [0.1, 0.15) is 71.1 Å². The van der Waals surface area contributed by atoms with Gasteiger partial charge in [0.1, 0.15) is 0 Å². The van der Waals surface area contributed by atoms with E-state index in [0.717, 1.165) is 13.0 Å². The van der Waals surface area contributed by atoms with E-state index in [2.05, 4.69) is 11.2 Å². The minimum absolute atomic E-state index is 0.125. The fourth-order valence-electron chi connectivity index (χ4n) is 2.00. The predicted molar refractivity (Wildman–Crippen MR) is 137 cm³/mol. The van der Waals surface area contributed by atoms with E-state index in [9.17, 15) is 9.13 Å². The predicted octanol–water partition coefficient (Wildman–Crippen LogP) is 0.0176. The molecule has 0 amide bonds. The molecular weight excluding hydrogens is 542 g/mol. The van der Waals surface area contributed by atoms with Crippen molar-refractivity contribution in [3.63, 3.8) is 0 Å². The largest absolute Gasteiger partial charge is 0.478 e. The molecule has 0 aliphatic carbocycles.